The van der Waals surface area contributed by atoms with Gasteiger partial charge in [-0.1, -0.05) is 59.8 Å². The molecule has 0 bridgehead atoms. The molecule has 4 heteroatoms. The van der Waals surface area contributed by atoms with Crippen molar-refractivity contribution in [1.29, 1.82) is 0 Å². The van der Waals surface area contributed by atoms with Crippen LogP contribution in [0.1, 0.15) is 23.6 Å². The number of nitrogens with one attached hydrogen (secondary N) is 1. The SMILES string of the molecule is C/C(=C\c1ccccc1)C(=O)Nc1ccc(-c2onc3c2CCc2ccccc2-3)cc1. The Bertz CT molecular complexity index is 1270. The average molecular weight is 406 g/mol. The maximum atomic E-state index is 12.5. The van der Waals surface area contributed by atoms with Gasteiger partial charge in [-0.25, -0.2) is 0 Å². The van der Waals surface area contributed by atoms with Gasteiger partial charge in [-0.05, 0) is 61.2 Å². The van der Waals surface area contributed by atoms with E-state index in [1.165, 1.54) is 5.56 Å². The summed E-state index contributed by atoms with van der Waals surface area (Å²) in [6, 6.07) is 25.9. The lowest BCUT2D eigenvalue weighted by Crippen LogP contribution is -2.12. The van der Waals surface area contributed by atoms with Gasteiger partial charge >= 0.3 is 0 Å². The lowest BCUT2D eigenvalue weighted by Gasteiger charge is -2.14. The lowest BCUT2D eigenvalue weighted by atomic mass is 9.88. The molecule has 0 unspecified atom stereocenters. The van der Waals surface area contributed by atoms with Crippen molar-refractivity contribution in [3.63, 3.8) is 0 Å². The number of hydrogen-bond acceptors (Lipinski definition) is 3. The van der Waals surface area contributed by atoms with Crippen LogP contribution in [0.2, 0.25) is 0 Å². The van der Waals surface area contributed by atoms with E-state index < -0.39 is 0 Å². The summed E-state index contributed by atoms with van der Waals surface area (Å²) in [5.41, 5.74) is 7.92. The Morgan fingerprint density at radius 3 is 2.48 bits per heavy atom. The number of nitrogens with zero attached hydrogens (tertiary/aromatic N) is 1. The number of fused-ring (bicyclic) bond motifs is 3. The van der Waals surface area contributed by atoms with Gasteiger partial charge in [0.25, 0.3) is 5.91 Å². The van der Waals surface area contributed by atoms with E-state index in [0.29, 0.717) is 5.57 Å². The smallest absolute Gasteiger partial charge is 0.251 e. The van der Waals surface area contributed by atoms with E-state index in [1.807, 2.05) is 73.7 Å². The molecule has 0 fully saturated rings. The second-order valence-corrected chi connectivity index (χ2v) is 7.77. The first-order chi connectivity index (χ1) is 15.2. The second-order valence-electron chi connectivity index (χ2n) is 7.77. The van der Waals surface area contributed by atoms with Crippen molar-refractivity contribution in [2.45, 2.75) is 19.8 Å². The van der Waals surface area contributed by atoms with Crippen LogP contribution < -0.4 is 5.32 Å². The summed E-state index contributed by atoms with van der Waals surface area (Å²) in [6.07, 6.45) is 3.77. The van der Waals surface area contributed by atoms with E-state index in [-0.39, 0.29) is 5.91 Å². The zero-order valence-electron chi connectivity index (χ0n) is 17.3. The molecule has 0 saturated heterocycles. The molecule has 1 aliphatic rings. The van der Waals surface area contributed by atoms with Crippen molar-refractivity contribution in [3.8, 4) is 22.6 Å². The molecule has 5 rings (SSSR count). The van der Waals surface area contributed by atoms with Crippen LogP contribution in [0, 0.1) is 0 Å². The van der Waals surface area contributed by atoms with Crippen molar-refractivity contribution < 1.29 is 9.32 Å². The molecular formula is C27H22N2O2. The van der Waals surface area contributed by atoms with E-state index in [9.17, 15) is 4.79 Å². The van der Waals surface area contributed by atoms with Gasteiger partial charge in [-0.15, -0.1) is 0 Å². The van der Waals surface area contributed by atoms with Crippen LogP contribution in [-0.4, -0.2) is 11.1 Å². The van der Waals surface area contributed by atoms with Gasteiger partial charge in [0.05, 0.1) is 0 Å². The Labute approximate surface area is 181 Å². The highest BCUT2D eigenvalue weighted by molar-refractivity contribution is 6.06. The predicted octanol–water partition coefficient (Wildman–Crippen LogP) is 6.15. The third kappa shape index (κ3) is 3.80. The summed E-state index contributed by atoms with van der Waals surface area (Å²) in [5, 5.41) is 7.31. The van der Waals surface area contributed by atoms with Crippen LogP contribution in [0.15, 0.2) is 89.0 Å². The molecular weight excluding hydrogens is 384 g/mol. The van der Waals surface area contributed by atoms with E-state index in [4.69, 9.17) is 4.52 Å². The van der Waals surface area contributed by atoms with Gasteiger partial charge < -0.3 is 9.84 Å². The summed E-state index contributed by atoms with van der Waals surface area (Å²) >= 11 is 0. The number of benzene rings is 3. The minimum atomic E-state index is -0.120. The second kappa shape index (κ2) is 8.07. The number of carbonyl (C=O) groups is 1. The molecule has 31 heavy (non-hydrogen) atoms. The molecule has 152 valence electrons. The Morgan fingerprint density at radius 2 is 1.68 bits per heavy atom. The maximum absolute atomic E-state index is 12.5. The number of aryl methyl sites for hydroxylation is 1. The Morgan fingerprint density at radius 1 is 0.935 bits per heavy atom. The van der Waals surface area contributed by atoms with Crippen LogP contribution in [0.3, 0.4) is 0 Å². The molecule has 0 saturated carbocycles. The number of aromatic nitrogens is 1. The summed E-state index contributed by atoms with van der Waals surface area (Å²) < 4.78 is 5.74. The van der Waals surface area contributed by atoms with Crippen LogP contribution in [0.25, 0.3) is 28.7 Å². The number of amides is 1. The van der Waals surface area contributed by atoms with Gasteiger partial charge in [0, 0.05) is 28.0 Å². The van der Waals surface area contributed by atoms with Crippen LogP contribution in [0.4, 0.5) is 5.69 Å². The summed E-state index contributed by atoms with van der Waals surface area (Å²) in [7, 11) is 0. The Hall–Kier alpha value is -3.92. The van der Waals surface area contributed by atoms with Gasteiger partial charge in [-0.2, -0.15) is 0 Å². The Kier molecular flexibility index (Phi) is 4.97. The van der Waals surface area contributed by atoms with Gasteiger partial charge in [0.1, 0.15) is 5.69 Å². The fraction of sp³-hybridized carbons (Fsp3) is 0.111. The Balaban J connectivity index is 1.34. The van der Waals surface area contributed by atoms with E-state index in [0.717, 1.165) is 52.2 Å². The van der Waals surface area contributed by atoms with Crippen molar-refractivity contribution in [2.75, 3.05) is 5.32 Å². The van der Waals surface area contributed by atoms with Crippen molar-refractivity contribution in [1.82, 2.24) is 5.16 Å². The molecule has 1 amide bonds. The standard InChI is InChI=1S/C27H22N2O2/c1-18(17-19-7-3-2-4-8-19)27(30)28-22-14-11-21(12-15-22)26-24-16-13-20-9-5-6-10-23(20)25(24)29-31-26/h2-12,14-15,17H,13,16H2,1H3,(H,28,30)/b18-17+. The summed E-state index contributed by atoms with van der Waals surface area (Å²) in [6.45, 7) is 1.81. The van der Waals surface area contributed by atoms with E-state index in [1.54, 1.807) is 0 Å². The highest BCUT2D eigenvalue weighted by Crippen LogP contribution is 2.38. The third-order valence-electron chi connectivity index (χ3n) is 5.65. The van der Waals surface area contributed by atoms with Crippen molar-refractivity contribution in [2.24, 2.45) is 0 Å². The molecule has 0 atom stereocenters. The normalized spacial score (nSPS) is 12.7. The summed E-state index contributed by atoms with van der Waals surface area (Å²) in [4.78, 5) is 12.5. The fourth-order valence-electron chi connectivity index (χ4n) is 4.01. The topological polar surface area (TPSA) is 55.1 Å². The predicted molar refractivity (Wildman–Crippen MR) is 124 cm³/mol. The largest absolute Gasteiger partial charge is 0.355 e. The fourth-order valence-corrected chi connectivity index (χ4v) is 4.01. The van der Waals surface area contributed by atoms with Crippen LogP contribution >= 0.6 is 0 Å². The van der Waals surface area contributed by atoms with Crippen molar-refractivity contribution >= 4 is 17.7 Å². The lowest BCUT2D eigenvalue weighted by molar-refractivity contribution is -0.112. The number of hydrogen-bond donors (Lipinski definition) is 1. The number of carbonyl (C=O) groups excluding carboxylic acids is 1. The minimum Gasteiger partial charge on any atom is -0.355 e. The molecule has 0 radical (unpaired) electrons. The molecule has 1 heterocycles. The highest BCUT2D eigenvalue weighted by Gasteiger charge is 2.24. The molecule has 0 aliphatic heterocycles. The maximum Gasteiger partial charge on any atom is 0.251 e. The van der Waals surface area contributed by atoms with Gasteiger partial charge in [0.15, 0.2) is 5.76 Å². The van der Waals surface area contributed by atoms with Crippen molar-refractivity contribution in [3.05, 3.63) is 101 Å². The monoisotopic (exact) mass is 406 g/mol. The molecule has 3 aromatic carbocycles. The third-order valence-corrected chi connectivity index (χ3v) is 5.65. The van der Waals surface area contributed by atoms with E-state index in [2.05, 4.69) is 28.7 Å². The molecule has 1 aliphatic carbocycles. The van der Waals surface area contributed by atoms with E-state index >= 15 is 0 Å². The van der Waals surface area contributed by atoms with Crippen LogP contribution in [-0.2, 0) is 17.6 Å². The first kappa shape index (κ1) is 19.1. The molecule has 1 N–H and O–H groups in total. The molecule has 1 aromatic heterocycles. The summed E-state index contributed by atoms with van der Waals surface area (Å²) in [5.74, 6) is 0.688. The zero-order valence-corrected chi connectivity index (χ0v) is 17.3. The zero-order chi connectivity index (χ0) is 21.2. The highest BCUT2D eigenvalue weighted by atomic mass is 16.5. The van der Waals surface area contributed by atoms with Crippen LogP contribution in [0.5, 0.6) is 0 Å². The number of rotatable bonds is 4. The first-order valence-corrected chi connectivity index (χ1v) is 10.4. The quantitative estimate of drug-likeness (QED) is 0.414. The minimum absolute atomic E-state index is 0.120. The molecule has 4 aromatic rings. The molecule has 4 nitrogen and oxygen atoms in total. The first-order valence-electron chi connectivity index (χ1n) is 10.4. The van der Waals surface area contributed by atoms with Gasteiger partial charge in [-0.3, -0.25) is 4.79 Å². The average Bonchev–Trinajstić information content (AvgIpc) is 3.25. The number of anilines is 1. The van der Waals surface area contributed by atoms with Gasteiger partial charge in [0.2, 0.25) is 0 Å². The molecule has 0 spiro atoms.